The molecule has 0 N–H and O–H groups in total. The second kappa shape index (κ2) is 13.7. The number of unbranched alkanes of at least 4 members (excludes halogenated alkanes) is 1. The van der Waals surface area contributed by atoms with Crippen LogP contribution in [0.4, 0.5) is 0 Å². The number of nitrogens with zero attached hydrogens (tertiary/aromatic N) is 1. The van der Waals surface area contributed by atoms with Crippen molar-refractivity contribution in [3.63, 3.8) is 0 Å². The summed E-state index contributed by atoms with van der Waals surface area (Å²) in [5.41, 5.74) is 1.31. The van der Waals surface area contributed by atoms with Crippen LogP contribution in [0.25, 0.3) is 0 Å². The summed E-state index contributed by atoms with van der Waals surface area (Å²) in [6, 6.07) is 1.28. The smallest absolute Gasteiger partial charge is 0.0130 e. The van der Waals surface area contributed by atoms with Crippen molar-refractivity contribution in [2.45, 2.75) is 105 Å². The highest BCUT2D eigenvalue weighted by Crippen LogP contribution is 2.24. The van der Waals surface area contributed by atoms with E-state index in [1.165, 1.54) is 57.1 Å². The van der Waals surface area contributed by atoms with Crippen molar-refractivity contribution in [3.05, 3.63) is 24.8 Å². The molecule has 0 rings (SSSR count). The number of rotatable bonds is 15. The molecule has 0 amide bonds. The lowest BCUT2D eigenvalue weighted by molar-refractivity contribution is 0.104. The molecule has 0 saturated carbocycles. The third kappa shape index (κ3) is 9.67. The summed E-state index contributed by atoms with van der Waals surface area (Å²) in [4.78, 5) is 2.77. The number of hydrogen-bond acceptors (Lipinski definition) is 1. The average molecular weight is 336 g/mol. The molecule has 0 aromatic carbocycles. The molecule has 0 spiro atoms. The molecule has 0 fully saturated rings. The predicted octanol–water partition coefficient (Wildman–Crippen LogP) is 7.24. The molecular weight excluding hydrogens is 290 g/mol. The zero-order chi connectivity index (χ0) is 18.5. The number of hydrogen-bond donors (Lipinski definition) is 0. The van der Waals surface area contributed by atoms with Gasteiger partial charge < -0.3 is 0 Å². The van der Waals surface area contributed by atoms with Gasteiger partial charge in [-0.3, -0.25) is 4.90 Å². The van der Waals surface area contributed by atoms with Crippen LogP contribution in [0.5, 0.6) is 0 Å². The Morgan fingerprint density at radius 3 is 2.21 bits per heavy atom. The third-order valence-corrected chi connectivity index (χ3v) is 5.66. The molecule has 1 nitrogen and oxygen atoms in total. The lowest BCUT2D eigenvalue weighted by Gasteiger charge is -2.39. The first kappa shape index (κ1) is 23.4. The van der Waals surface area contributed by atoms with Gasteiger partial charge in [0.05, 0.1) is 0 Å². The van der Waals surface area contributed by atoms with Crippen LogP contribution < -0.4 is 0 Å². The highest BCUT2D eigenvalue weighted by molar-refractivity contribution is 4.90. The van der Waals surface area contributed by atoms with Crippen LogP contribution in [0.15, 0.2) is 24.8 Å². The molecule has 0 bridgehead atoms. The van der Waals surface area contributed by atoms with Crippen molar-refractivity contribution in [3.8, 4) is 0 Å². The second-order valence-electron chi connectivity index (χ2n) is 8.02. The minimum atomic E-state index is 0.543. The minimum Gasteiger partial charge on any atom is -0.297 e. The second-order valence-corrected chi connectivity index (χ2v) is 8.02. The highest BCUT2D eigenvalue weighted by atomic mass is 15.2. The third-order valence-electron chi connectivity index (χ3n) is 5.66. The average Bonchev–Trinajstić information content (AvgIpc) is 2.56. The first-order chi connectivity index (χ1) is 11.4. The van der Waals surface area contributed by atoms with E-state index in [0.717, 1.165) is 12.3 Å². The molecule has 0 aliphatic rings. The SMILES string of the molecule is C=CC(C)C(C)N(CCCC(=C)C)C(CC)CCC(C)CCCC. The van der Waals surface area contributed by atoms with E-state index in [2.05, 4.69) is 65.7 Å². The Labute approximate surface area is 153 Å². The van der Waals surface area contributed by atoms with Crippen LogP contribution in [0.3, 0.4) is 0 Å². The Bertz CT molecular complexity index is 333. The molecule has 0 heterocycles. The maximum absolute atomic E-state index is 4.07. The molecule has 0 aromatic rings. The first-order valence-corrected chi connectivity index (χ1v) is 10.4. The van der Waals surface area contributed by atoms with Crippen LogP contribution in [0.1, 0.15) is 92.9 Å². The molecule has 0 aliphatic heterocycles. The Morgan fingerprint density at radius 2 is 1.71 bits per heavy atom. The van der Waals surface area contributed by atoms with Gasteiger partial charge in [0.1, 0.15) is 0 Å². The fourth-order valence-electron chi connectivity index (χ4n) is 3.56. The standard InChI is InChI=1S/C23H45N/c1-9-12-15-20(6)16-17-23(11-3)24(18-13-14-19(4)5)22(8)21(7)10-2/h10,20-23H,2,4,9,11-18H2,1,3,5-8H3. The minimum absolute atomic E-state index is 0.543. The zero-order valence-corrected chi connectivity index (χ0v) is 17.6. The quantitative estimate of drug-likeness (QED) is 0.285. The normalized spacial score (nSPS) is 16.6. The van der Waals surface area contributed by atoms with Gasteiger partial charge in [0.2, 0.25) is 0 Å². The molecule has 0 aliphatic carbocycles. The molecule has 0 saturated heterocycles. The predicted molar refractivity (Wildman–Crippen MR) is 112 cm³/mol. The Morgan fingerprint density at radius 1 is 1.04 bits per heavy atom. The lowest BCUT2D eigenvalue weighted by Crippen LogP contribution is -2.45. The Kier molecular flexibility index (Phi) is 13.4. The summed E-state index contributed by atoms with van der Waals surface area (Å²) < 4.78 is 0. The van der Waals surface area contributed by atoms with E-state index in [0.29, 0.717) is 18.0 Å². The van der Waals surface area contributed by atoms with Gasteiger partial charge >= 0.3 is 0 Å². The van der Waals surface area contributed by atoms with E-state index < -0.39 is 0 Å². The van der Waals surface area contributed by atoms with Gasteiger partial charge in [0, 0.05) is 12.1 Å². The fraction of sp³-hybridized carbons (Fsp3) is 0.826. The number of allylic oxidation sites excluding steroid dienone is 1. The molecule has 0 radical (unpaired) electrons. The van der Waals surface area contributed by atoms with Crippen LogP contribution in [-0.2, 0) is 0 Å². The Hall–Kier alpha value is -0.560. The summed E-state index contributed by atoms with van der Waals surface area (Å²) in [6.45, 7) is 23.2. The topological polar surface area (TPSA) is 3.24 Å². The van der Waals surface area contributed by atoms with Crippen LogP contribution >= 0.6 is 0 Å². The van der Waals surface area contributed by atoms with Crippen molar-refractivity contribution in [2.75, 3.05) is 6.54 Å². The van der Waals surface area contributed by atoms with E-state index in [-0.39, 0.29) is 0 Å². The van der Waals surface area contributed by atoms with Crippen molar-refractivity contribution in [1.82, 2.24) is 4.90 Å². The molecule has 4 unspecified atom stereocenters. The molecular formula is C23H45N. The summed E-state index contributed by atoms with van der Waals surface area (Å²) in [7, 11) is 0. The van der Waals surface area contributed by atoms with Gasteiger partial charge in [-0.25, -0.2) is 0 Å². The van der Waals surface area contributed by atoms with Crippen molar-refractivity contribution < 1.29 is 0 Å². The van der Waals surface area contributed by atoms with Crippen LogP contribution in [0, 0.1) is 11.8 Å². The lowest BCUT2D eigenvalue weighted by atomic mass is 9.92. The maximum Gasteiger partial charge on any atom is 0.0130 e. The highest BCUT2D eigenvalue weighted by Gasteiger charge is 2.24. The fourth-order valence-corrected chi connectivity index (χ4v) is 3.56. The van der Waals surface area contributed by atoms with Gasteiger partial charge in [-0.2, -0.15) is 0 Å². The van der Waals surface area contributed by atoms with Gasteiger partial charge in [-0.1, -0.05) is 58.6 Å². The van der Waals surface area contributed by atoms with Crippen LogP contribution in [-0.4, -0.2) is 23.5 Å². The summed E-state index contributed by atoms with van der Waals surface area (Å²) in [6.07, 6.45) is 12.5. The van der Waals surface area contributed by atoms with Gasteiger partial charge in [0.15, 0.2) is 0 Å². The molecule has 1 heteroatoms. The summed E-state index contributed by atoms with van der Waals surface area (Å²) in [5, 5.41) is 0. The summed E-state index contributed by atoms with van der Waals surface area (Å²) in [5.74, 6) is 1.41. The van der Waals surface area contributed by atoms with Gasteiger partial charge in [-0.15, -0.1) is 13.2 Å². The van der Waals surface area contributed by atoms with E-state index in [9.17, 15) is 0 Å². The van der Waals surface area contributed by atoms with Crippen LogP contribution in [0.2, 0.25) is 0 Å². The Balaban J connectivity index is 4.77. The largest absolute Gasteiger partial charge is 0.297 e. The van der Waals surface area contributed by atoms with Crippen molar-refractivity contribution in [2.24, 2.45) is 11.8 Å². The zero-order valence-electron chi connectivity index (χ0n) is 17.6. The van der Waals surface area contributed by atoms with Crippen molar-refractivity contribution >= 4 is 0 Å². The van der Waals surface area contributed by atoms with E-state index in [1.54, 1.807) is 0 Å². The monoisotopic (exact) mass is 335 g/mol. The van der Waals surface area contributed by atoms with E-state index in [1.807, 2.05) is 0 Å². The molecule has 0 aromatic heterocycles. The van der Waals surface area contributed by atoms with Gasteiger partial charge in [-0.05, 0) is 64.3 Å². The molecule has 24 heavy (non-hydrogen) atoms. The summed E-state index contributed by atoms with van der Waals surface area (Å²) >= 11 is 0. The molecule has 142 valence electrons. The van der Waals surface area contributed by atoms with E-state index >= 15 is 0 Å². The van der Waals surface area contributed by atoms with Crippen molar-refractivity contribution in [1.29, 1.82) is 0 Å². The first-order valence-electron chi connectivity index (χ1n) is 10.4. The van der Waals surface area contributed by atoms with E-state index in [4.69, 9.17) is 0 Å². The maximum atomic E-state index is 4.07. The van der Waals surface area contributed by atoms with Gasteiger partial charge in [0.25, 0.3) is 0 Å². The molecule has 4 atom stereocenters.